The van der Waals surface area contributed by atoms with E-state index < -0.39 is 0 Å². The molecule has 4 rings (SSSR count). The highest BCUT2D eigenvalue weighted by molar-refractivity contribution is 7.12. The van der Waals surface area contributed by atoms with Gasteiger partial charge < -0.3 is 5.73 Å². The SMILES string of the molecule is C[C@@H](CN)c1ccc(C2=C3C(=NC(=O)c4sccc43)C=CC2=O)cc1. The monoisotopic (exact) mass is 348 g/mol. The summed E-state index contributed by atoms with van der Waals surface area (Å²) in [6, 6.07) is 9.79. The van der Waals surface area contributed by atoms with Crippen LogP contribution in [-0.4, -0.2) is 23.9 Å². The van der Waals surface area contributed by atoms with Crippen LogP contribution in [0.5, 0.6) is 0 Å². The number of hydrogen-bond donors (Lipinski definition) is 1. The first kappa shape index (κ1) is 15.9. The molecule has 2 aromatic rings. The molecule has 1 aromatic heterocycles. The number of nitrogens with two attached hydrogens (primary N) is 1. The third kappa shape index (κ3) is 2.52. The highest BCUT2D eigenvalue weighted by atomic mass is 32.1. The Kier molecular flexibility index (Phi) is 3.82. The smallest absolute Gasteiger partial charge is 0.288 e. The van der Waals surface area contributed by atoms with Crippen LogP contribution < -0.4 is 5.73 Å². The van der Waals surface area contributed by atoms with Crippen LogP contribution in [0.4, 0.5) is 0 Å². The Hall–Kier alpha value is -2.63. The lowest BCUT2D eigenvalue weighted by atomic mass is 9.83. The number of amides is 1. The van der Waals surface area contributed by atoms with Crippen molar-refractivity contribution in [3.05, 3.63) is 69.4 Å². The number of fused-ring (bicyclic) bond motifs is 3. The van der Waals surface area contributed by atoms with Crippen molar-refractivity contribution in [2.24, 2.45) is 10.7 Å². The van der Waals surface area contributed by atoms with Gasteiger partial charge in [-0.05, 0) is 47.2 Å². The number of carbonyl (C=O) groups is 2. The van der Waals surface area contributed by atoms with Gasteiger partial charge in [0.25, 0.3) is 5.91 Å². The molecule has 124 valence electrons. The Morgan fingerprint density at radius 3 is 2.56 bits per heavy atom. The minimum Gasteiger partial charge on any atom is -0.330 e. The summed E-state index contributed by atoms with van der Waals surface area (Å²) in [6.07, 6.45) is 3.11. The van der Waals surface area contributed by atoms with Gasteiger partial charge in [0.15, 0.2) is 5.78 Å². The normalized spacial score (nSPS) is 17.3. The van der Waals surface area contributed by atoms with Crippen molar-refractivity contribution in [1.82, 2.24) is 0 Å². The van der Waals surface area contributed by atoms with Crippen molar-refractivity contribution >= 4 is 39.9 Å². The third-order valence-corrected chi connectivity index (χ3v) is 5.52. The van der Waals surface area contributed by atoms with Gasteiger partial charge in [-0.2, -0.15) is 0 Å². The van der Waals surface area contributed by atoms with Crippen LogP contribution in [-0.2, 0) is 4.79 Å². The predicted molar refractivity (Wildman–Crippen MR) is 101 cm³/mol. The molecule has 5 heteroatoms. The van der Waals surface area contributed by atoms with Crippen LogP contribution in [0.2, 0.25) is 0 Å². The summed E-state index contributed by atoms with van der Waals surface area (Å²) in [5.74, 6) is -0.0455. The number of rotatable bonds is 3. The minimum absolute atomic E-state index is 0.0694. The molecule has 1 aliphatic carbocycles. The van der Waals surface area contributed by atoms with Crippen LogP contribution in [0.15, 0.2) is 52.9 Å². The predicted octanol–water partition coefficient (Wildman–Crippen LogP) is 3.45. The molecule has 0 bridgehead atoms. The lowest BCUT2D eigenvalue weighted by Crippen LogP contribution is -2.19. The quantitative estimate of drug-likeness (QED) is 0.864. The number of allylic oxidation sites excluding steroid dienone is 4. The molecule has 2 aliphatic rings. The van der Waals surface area contributed by atoms with Gasteiger partial charge in [0.05, 0.1) is 5.71 Å². The van der Waals surface area contributed by atoms with Gasteiger partial charge in [0.2, 0.25) is 0 Å². The minimum atomic E-state index is -0.241. The average molecular weight is 348 g/mol. The molecule has 1 atom stereocenters. The molecule has 1 aliphatic heterocycles. The molecule has 1 amide bonds. The number of carbonyl (C=O) groups excluding carboxylic acids is 2. The van der Waals surface area contributed by atoms with E-state index in [0.717, 1.165) is 22.3 Å². The van der Waals surface area contributed by atoms with Crippen LogP contribution in [0.1, 0.15) is 39.2 Å². The average Bonchev–Trinajstić information content (AvgIpc) is 3.12. The van der Waals surface area contributed by atoms with Crippen molar-refractivity contribution in [2.75, 3.05) is 6.54 Å². The molecular weight excluding hydrogens is 332 g/mol. The number of ketones is 1. The summed E-state index contributed by atoms with van der Waals surface area (Å²) >= 11 is 1.36. The largest absolute Gasteiger partial charge is 0.330 e. The van der Waals surface area contributed by atoms with Crippen LogP contribution >= 0.6 is 11.3 Å². The molecule has 2 heterocycles. The third-order valence-electron chi connectivity index (χ3n) is 4.62. The van der Waals surface area contributed by atoms with Gasteiger partial charge in [-0.15, -0.1) is 11.3 Å². The molecule has 0 fully saturated rings. The molecule has 25 heavy (non-hydrogen) atoms. The molecular formula is C20H16N2O2S. The molecule has 0 unspecified atom stereocenters. The van der Waals surface area contributed by atoms with Crippen LogP contribution in [0.3, 0.4) is 0 Å². The topological polar surface area (TPSA) is 72.5 Å². The zero-order valence-electron chi connectivity index (χ0n) is 13.7. The molecule has 0 saturated heterocycles. The van der Waals surface area contributed by atoms with E-state index in [1.165, 1.54) is 17.4 Å². The highest BCUT2D eigenvalue weighted by Gasteiger charge is 2.31. The molecule has 0 spiro atoms. The first-order valence-corrected chi connectivity index (χ1v) is 8.96. The van der Waals surface area contributed by atoms with Gasteiger partial charge in [-0.3, -0.25) is 9.59 Å². The van der Waals surface area contributed by atoms with E-state index in [2.05, 4.69) is 11.9 Å². The van der Waals surface area contributed by atoms with E-state index in [-0.39, 0.29) is 17.6 Å². The molecule has 0 saturated carbocycles. The van der Waals surface area contributed by atoms with Crippen molar-refractivity contribution in [2.45, 2.75) is 12.8 Å². The summed E-state index contributed by atoms with van der Waals surface area (Å²) in [7, 11) is 0. The van der Waals surface area contributed by atoms with E-state index in [9.17, 15) is 9.59 Å². The first-order chi connectivity index (χ1) is 12.1. The van der Waals surface area contributed by atoms with Gasteiger partial charge >= 0.3 is 0 Å². The first-order valence-electron chi connectivity index (χ1n) is 8.08. The van der Waals surface area contributed by atoms with Crippen LogP contribution in [0.25, 0.3) is 11.1 Å². The van der Waals surface area contributed by atoms with Gasteiger partial charge in [-0.25, -0.2) is 4.99 Å². The van der Waals surface area contributed by atoms with E-state index in [1.807, 2.05) is 35.7 Å². The second-order valence-corrected chi connectivity index (χ2v) is 7.09. The van der Waals surface area contributed by atoms with E-state index >= 15 is 0 Å². The van der Waals surface area contributed by atoms with Crippen LogP contribution in [0, 0.1) is 0 Å². The Morgan fingerprint density at radius 1 is 1.08 bits per heavy atom. The Bertz CT molecular complexity index is 977. The van der Waals surface area contributed by atoms with Gasteiger partial charge in [-0.1, -0.05) is 31.2 Å². The summed E-state index contributed by atoms with van der Waals surface area (Å²) in [4.78, 5) is 29.5. The Balaban J connectivity index is 1.90. The second-order valence-electron chi connectivity index (χ2n) is 6.17. The lowest BCUT2D eigenvalue weighted by Gasteiger charge is -2.21. The standard InChI is InChI=1S/C20H16N2O2S/c1-11(10-21)12-2-4-13(5-3-12)17-16(23)7-6-15-18(17)14-8-9-25-19(14)20(24)22-15/h2-9,11H,10,21H2,1H3/t11-/m0/s1. The van der Waals surface area contributed by atoms with Crippen molar-refractivity contribution in [3.63, 3.8) is 0 Å². The Morgan fingerprint density at radius 2 is 1.84 bits per heavy atom. The number of nitrogens with zero attached hydrogens (tertiary/aromatic N) is 1. The van der Waals surface area contributed by atoms with Gasteiger partial charge in [0.1, 0.15) is 4.88 Å². The zero-order chi connectivity index (χ0) is 17.6. The number of aliphatic imine (C=N–C) groups is 1. The second kappa shape index (κ2) is 6.02. The fraction of sp³-hybridized carbons (Fsp3) is 0.150. The summed E-state index contributed by atoms with van der Waals surface area (Å²) in [5.41, 5.74) is 10.4. The maximum Gasteiger partial charge on any atom is 0.288 e. The summed E-state index contributed by atoms with van der Waals surface area (Å²) in [6.45, 7) is 2.65. The molecule has 0 radical (unpaired) electrons. The number of benzene rings is 1. The van der Waals surface area contributed by atoms with Gasteiger partial charge in [0, 0.05) is 16.7 Å². The summed E-state index contributed by atoms with van der Waals surface area (Å²) < 4.78 is 0. The van der Waals surface area contributed by atoms with Crippen molar-refractivity contribution in [1.29, 1.82) is 0 Å². The Labute approximate surface area is 149 Å². The van der Waals surface area contributed by atoms with E-state index in [0.29, 0.717) is 22.7 Å². The molecule has 2 N–H and O–H groups in total. The number of thiophene rings is 1. The zero-order valence-corrected chi connectivity index (χ0v) is 14.5. The highest BCUT2D eigenvalue weighted by Crippen LogP contribution is 2.38. The fourth-order valence-electron chi connectivity index (χ4n) is 3.17. The summed E-state index contributed by atoms with van der Waals surface area (Å²) in [5, 5.41) is 1.86. The molecule has 1 aromatic carbocycles. The molecule has 4 nitrogen and oxygen atoms in total. The number of hydrogen-bond acceptors (Lipinski definition) is 4. The van der Waals surface area contributed by atoms with E-state index in [1.54, 1.807) is 6.08 Å². The van der Waals surface area contributed by atoms with E-state index in [4.69, 9.17) is 5.73 Å². The maximum atomic E-state index is 12.6. The lowest BCUT2D eigenvalue weighted by molar-refractivity contribution is -0.109. The van der Waals surface area contributed by atoms with Crippen molar-refractivity contribution in [3.8, 4) is 0 Å². The fourth-order valence-corrected chi connectivity index (χ4v) is 3.96. The maximum absolute atomic E-state index is 12.6. The van der Waals surface area contributed by atoms with Crippen molar-refractivity contribution < 1.29 is 9.59 Å².